The summed E-state index contributed by atoms with van der Waals surface area (Å²) in [5.41, 5.74) is 17.7. The molecular formula is C54H98BN9O23. The van der Waals surface area contributed by atoms with Crippen LogP contribution in [0.4, 0.5) is 19.2 Å². The molecule has 87 heavy (non-hydrogen) atoms. The van der Waals surface area contributed by atoms with E-state index in [1.54, 1.807) is 25.3 Å². The van der Waals surface area contributed by atoms with Crippen LogP contribution < -0.4 is 38.0 Å². The van der Waals surface area contributed by atoms with Gasteiger partial charge in [-0.15, -0.1) is 5.10 Å². The number of carbonyl (C=O) groups is 8. The number of fused-ring (bicyclic) bond motifs is 1. The summed E-state index contributed by atoms with van der Waals surface area (Å²) in [5, 5.41) is 33.8. The summed E-state index contributed by atoms with van der Waals surface area (Å²) in [6.45, 7) is 6.76. The first kappa shape index (κ1) is 80.6. The fourth-order valence-corrected chi connectivity index (χ4v) is 6.77. The number of unbranched alkanes of at least 4 members (excludes halogenated alkanes) is 4. The Kier molecular flexibility index (Phi) is 54.3. The number of aliphatic carboxylic acids is 2. The highest BCUT2D eigenvalue weighted by Crippen LogP contribution is 2.18. The molecule has 0 bridgehead atoms. The van der Waals surface area contributed by atoms with Crippen LogP contribution in [0.25, 0.3) is 11.0 Å². The molecule has 0 fully saturated rings. The van der Waals surface area contributed by atoms with Crippen LogP contribution in [0, 0.1) is 11.8 Å². The monoisotopic (exact) mass is 1250 g/mol. The molecule has 1 aromatic carbocycles. The zero-order valence-corrected chi connectivity index (χ0v) is 51.5. The Morgan fingerprint density at radius 3 is 1.45 bits per heavy atom. The van der Waals surface area contributed by atoms with E-state index in [0.717, 1.165) is 30.5 Å². The molecule has 500 valence electrons. The van der Waals surface area contributed by atoms with Crippen LogP contribution in [0.2, 0.25) is 13.6 Å². The number of alkyl carbamates (subject to hydrolysis) is 3. The molecule has 0 saturated carbocycles. The maximum absolute atomic E-state index is 13.1. The molecule has 2 rings (SSSR count). The zero-order valence-electron chi connectivity index (χ0n) is 52.5. The summed E-state index contributed by atoms with van der Waals surface area (Å²) in [4.78, 5) is 101. The second-order valence-corrected chi connectivity index (χ2v) is 18.5. The lowest BCUT2D eigenvalue weighted by Crippen LogP contribution is -2.42. The van der Waals surface area contributed by atoms with Crippen LogP contribution >= 0.6 is 0 Å². The second kappa shape index (κ2) is 58.6. The van der Waals surface area contributed by atoms with Crippen LogP contribution in [0.5, 0.6) is 0 Å². The number of amides is 3. The Bertz CT molecular complexity index is 2140. The van der Waals surface area contributed by atoms with E-state index < -0.39 is 66.1 Å². The maximum atomic E-state index is 13.1. The number of Topliss-reactive ketones (excluding diaryl/α,β-unsaturated/α-hetero) is 2. The number of carboxylic acids is 2. The average molecular weight is 1250 g/mol. The van der Waals surface area contributed by atoms with Gasteiger partial charge in [0, 0.05) is 54.4 Å². The number of hydrogen-bond acceptors (Lipinski definition) is 26. The number of rotatable bonds is 48. The number of ether oxygens (including phenoxy) is 12. The summed E-state index contributed by atoms with van der Waals surface area (Å²) < 4.78 is 65.3. The molecular weight excluding hydrogens is 1150 g/mol. The van der Waals surface area contributed by atoms with Crippen molar-refractivity contribution in [3.63, 3.8) is 0 Å². The number of carbonyl (C=O) groups excluding carboxylic acids is 6. The molecule has 0 aliphatic carbocycles. The maximum Gasteiger partial charge on any atom is 0.537 e. The van der Waals surface area contributed by atoms with Gasteiger partial charge in [-0.3, -0.25) is 24.0 Å². The number of para-hydroxylation sites is 1. The summed E-state index contributed by atoms with van der Waals surface area (Å²) in [5.74, 6) is -4.39. The highest BCUT2D eigenvalue weighted by Gasteiger charge is 2.28. The van der Waals surface area contributed by atoms with E-state index in [0.29, 0.717) is 95.7 Å². The van der Waals surface area contributed by atoms with Crippen molar-refractivity contribution in [2.75, 3.05) is 135 Å². The van der Waals surface area contributed by atoms with Crippen molar-refractivity contribution in [2.45, 2.75) is 116 Å². The summed E-state index contributed by atoms with van der Waals surface area (Å²) in [6, 6.07) is 5.47. The van der Waals surface area contributed by atoms with Crippen LogP contribution in [0.1, 0.15) is 89.9 Å². The molecule has 33 heteroatoms. The number of methoxy groups -OCH3 is 4. The van der Waals surface area contributed by atoms with Gasteiger partial charge in [-0.05, 0) is 89.6 Å². The summed E-state index contributed by atoms with van der Waals surface area (Å²) in [7, 11) is 6.16. The molecule has 4 unspecified atom stereocenters. The van der Waals surface area contributed by atoms with Gasteiger partial charge in [0.1, 0.15) is 24.1 Å². The zero-order chi connectivity index (χ0) is 66.0. The SMILES string of the molecule is COCCOCOC(=O)NCCCCC(CC(=O)C(CCCCNC(=O)OCOCCOC)NC(=O)OCOCCOC)C(=O)O.COCCOCOC(=O)On1nnc2ccccc21.NCCCCC(N)C(=O)CC(CCCCN)C(=O)O.[3H]B(C)C. The topological polar surface area (TPSA) is 442 Å². The number of nitrogens with one attached hydrogen (secondary N) is 3. The van der Waals surface area contributed by atoms with Crippen LogP contribution in [-0.2, 0) is 76.0 Å². The number of nitrogens with two attached hydrogens (primary N) is 3. The minimum Gasteiger partial charge on any atom is -0.481 e. The van der Waals surface area contributed by atoms with E-state index >= 15 is 0 Å². The van der Waals surface area contributed by atoms with Gasteiger partial charge in [-0.25, -0.2) is 19.2 Å². The van der Waals surface area contributed by atoms with Gasteiger partial charge in [0.05, 0.1) is 76.8 Å². The third kappa shape index (κ3) is 48.3. The van der Waals surface area contributed by atoms with E-state index in [9.17, 15) is 43.5 Å². The highest BCUT2D eigenvalue weighted by atomic mass is 16.8. The molecule has 3 amide bonds. The van der Waals surface area contributed by atoms with E-state index in [-0.39, 0.29) is 98.8 Å². The third-order valence-corrected chi connectivity index (χ3v) is 11.4. The Hall–Kier alpha value is -6.40. The number of ketones is 2. The normalized spacial score (nSPS) is 12.1. The third-order valence-electron chi connectivity index (χ3n) is 11.4. The van der Waals surface area contributed by atoms with Gasteiger partial charge in [-0.1, -0.05) is 49.9 Å². The van der Waals surface area contributed by atoms with E-state index in [1.807, 2.05) is 19.7 Å². The molecule has 4 atom stereocenters. The van der Waals surface area contributed by atoms with Crippen molar-refractivity contribution in [1.82, 2.24) is 31.1 Å². The Morgan fingerprint density at radius 1 is 0.575 bits per heavy atom. The molecule has 0 saturated heterocycles. The van der Waals surface area contributed by atoms with Crippen LogP contribution in [-0.4, -0.2) is 229 Å². The Labute approximate surface area is 511 Å². The van der Waals surface area contributed by atoms with E-state index in [4.69, 9.17) is 80.6 Å². The molecule has 1 aromatic heterocycles. The molecule has 11 N–H and O–H groups in total. The van der Waals surface area contributed by atoms with Gasteiger partial charge in [0.2, 0.25) is 0 Å². The first-order chi connectivity index (χ1) is 42.3. The van der Waals surface area contributed by atoms with Gasteiger partial charge >= 0.3 is 36.4 Å². The molecule has 32 nitrogen and oxygen atoms in total. The fourth-order valence-electron chi connectivity index (χ4n) is 6.77. The van der Waals surface area contributed by atoms with E-state index in [2.05, 4.69) is 31.0 Å². The van der Waals surface area contributed by atoms with E-state index in [1.165, 1.54) is 21.3 Å². The predicted octanol–water partition coefficient (Wildman–Crippen LogP) is 2.76. The van der Waals surface area contributed by atoms with Crippen LogP contribution in [0.3, 0.4) is 0 Å². The molecule has 0 aliphatic heterocycles. The Morgan fingerprint density at radius 2 is 0.989 bits per heavy atom. The predicted molar refractivity (Wildman–Crippen MR) is 316 cm³/mol. The first-order valence-electron chi connectivity index (χ1n) is 29.1. The minimum atomic E-state index is -1.16. The molecule has 0 aliphatic rings. The quantitative estimate of drug-likeness (QED) is 0.0118. The van der Waals surface area contributed by atoms with Gasteiger partial charge in [0.25, 0.3) is 0 Å². The lowest BCUT2D eigenvalue weighted by Gasteiger charge is -2.20. The standard InChI is InChI=1S/C28H51N3O15.C13H27N3O3.C11H13N3O5.C2H7B/c1-38-12-15-41-19-44-26(35)29-10-6-4-8-22(25(33)34)18-24(32)23(31-28(37)46-21-43-17-14-40-3)9-5-7-11-30-27(36)45-20-42-16-13-39-2;14-7-3-1-5-10(13(18)19)9-12(17)11(16)6-2-4-8-15;1-16-6-7-17-8-18-11(15)19-14-10-5-3-2-4-9(10)12-13-14;1-3-2/h22-23H,4-21H2,1-3H3,(H,29,35)(H,30,36)(H,31,37)(H,33,34);10-11H,1-9,14-16H2,(H,18,19);2-5H,6-8H2,1H3;3H,1-2H3/i;;;3T. The van der Waals surface area contributed by atoms with Crippen molar-refractivity contribution in [1.29, 1.82) is 1.34 Å². The number of aromatic nitrogens is 3. The number of carboxylic acid groups (broad SMARTS) is 2. The number of hydrogen-bond donors (Lipinski definition) is 8. The second-order valence-electron chi connectivity index (χ2n) is 18.5. The number of nitrogens with zero attached hydrogens (tertiary/aromatic N) is 3. The van der Waals surface area contributed by atoms with Crippen molar-refractivity contribution < 1.29 is 110 Å². The number of benzene rings is 1. The smallest absolute Gasteiger partial charge is 0.481 e. The molecule has 2 aromatic rings. The molecule has 1 heterocycles. The fraction of sp³-hybridized carbons (Fsp3) is 0.741. The van der Waals surface area contributed by atoms with Gasteiger partial charge < -0.3 is 100 Å². The van der Waals surface area contributed by atoms with Crippen molar-refractivity contribution in [3.8, 4) is 0 Å². The summed E-state index contributed by atoms with van der Waals surface area (Å²) >= 11 is 0. The largest absolute Gasteiger partial charge is 0.537 e. The lowest BCUT2D eigenvalue weighted by molar-refractivity contribution is -0.144. The highest BCUT2D eigenvalue weighted by molar-refractivity contribution is 6.31. The molecule has 0 spiro atoms. The van der Waals surface area contributed by atoms with Crippen molar-refractivity contribution in [3.05, 3.63) is 24.3 Å². The molecule has 0 radical (unpaired) electrons. The minimum absolute atomic E-state index is 0.0176. The first-order valence-corrected chi connectivity index (χ1v) is 28.6. The lowest BCUT2D eigenvalue weighted by atomic mass is 9.88. The average Bonchev–Trinajstić information content (AvgIpc) is 4.17. The van der Waals surface area contributed by atoms with Crippen molar-refractivity contribution in [2.24, 2.45) is 29.0 Å². The van der Waals surface area contributed by atoms with Gasteiger partial charge in [0.15, 0.2) is 33.0 Å². The Balaban J connectivity index is 0. The summed E-state index contributed by atoms with van der Waals surface area (Å²) in [6.07, 6.45) is 2.75. The van der Waals surface area contributed by atoms with Crippen LogP contribution in [0.15, 0.2) is 24.3 Å². The van der Waals surface area contributed by atoms with Gasteiger partial charge in [-0.2, -0.15) is 0 Å². The van der Waals surface area contributed by atoms with Crippen molar-refractivity contribution >= 4 is 66.2 Å².